The van der Waals surface area contributed by atoms with Crippen LogP contribution in [-0.2, 0) is 19.1 Å². The Kier molecular flexibility index (Phi) is 9.72. The number of rotatable bonds is 7. The van der Waals surface area contributed by atoms with Crippen molar-refractivity contribution in [3.63, 3.8) is 0 Å². The molecule has 0 spiro atoms. The maximum atomic E-state index is 14.0. The summed E-state index contributed by atoms with van der Waals surface area (Å²) in [5, 5.41) is 5.46. The molecular weight excluding hydrogens is 460 g/mol. The Morgan fingerprint density at radius 2 is 1.50 bits per heavy atom. The van der Waals surface area contributed by atoms with Crippen LogP contribution in [0.2, 0.25) is 0 Å². The standard InChI is InChI=1S/C27H44N4O5/c1-16-12-13-18(14-17(16)2)21(22(33)30-25(3,4)5)31(26(6,7)8)23(34)19(15-20(28)32)29-24(35)36-27(9,10)11/h12-14,19,21H,15H2,1-11H3,(H2,28,32)(H,29,35)(H,30,33). The Morgan fingerprint density at radius 3 is 1.92 bits per heavy atom. The van der Waals surface area contributed by atoms with Gasteiger partial charge in [0, 0.05) is 11.1 Å². The maximum Gasteiger partial charge on any atom is 0.408 e. The summed E-state index contributed by atoms with van der Waals surface area (Å²) in [5.74, 6) is -1.79. The molecule has 0 fully saturated rings. The number of carbonyl (C=O) groups is 4. The highest BCUT2D eigenvalue weighted by Gasteiger charge is 2.43. The summed E-state index contributed by atoms with van der Waals surface area (Å²) in [5.41, 5.74) is 5.78. The summed E-state index contributed by atoms with van der Waals surface area (Å²) >= 11 is 0. The quantitative estimate of drug-likeness (QED) is 0.522. The Hall–Kier alpha value is -3.10. The molecule has 0 heterocycles. The van der Waals surface area contributed by atoms with Gasteiger partial charge in [-0.05, 0) is 92.9 Å². The van der Waals surface area contributed by atoms with Gasteiger partial charge in [0.1, 0.15) is 17.7 Å². The number of primary amides is 1. The molecular formula is C27H44N4O5. The second-order valence-corrected chi connectivity index (χ2v) is 12.2. The molecule has 9 nitrogen and oxygen atoms in total. The number of amides is 4. The van der Waals surface area contributed by atoms with Crippen LogP contribution in [0.1, 0.15) is 91.5 Å². The molecule has 0 aliphatic carbocycles. The minimum atomic E-state index is -1.33. The molecule has 0 radical (unpaired) electrons. The van der Waals surface area contributed by atoms with Crippen LogP contribution in [0.3, 0.4) is 0 Å². The number of hydrogen-bond donors (Lipinski definition) is 3. The number of nitrogens with zero attached hydrogens (tertiary/aromatic N) is 1. The van der Waals surface area contributed by atoms with E-state index in [2.05, 4.69) is 10.6 Å². The molecule has 9 heteroatoms. The van der Waals surface area contributed by atoms with E-state index in [1.165, 1.54) is 4.90 Å². The molecule has 202 valence electrons. The van der Waals surface area contributed by atoms with Gasteiger partial charge in [-0.25, -0.2) is 4.79 Å². The Balaban J connectivity index is 3.67. The number of benzene rings is 1. The van der Waals surface area contributed by atoms with E-state index in [-0.39, 0.29) is 5.91 Å². The normalized spacial score (nSPS) is 13.9. The van der Waals surface area contributed by atoms with Gasteiger partial charge in [0.25, 0.3) is 0 Å². The van der Waals surface area contributed by atoms with Crippen LogP contribution in [-0.4, -0.2) is 51.4 Å². The monoisotopic (exact) mass is 504 g/mol. The highest BCUT2D eigenvalue weighted by atomic mass is 16.6. The summed E-state index contributed by atoms with van der Waals surface area (Å²) in [4.78, 5) is 53.5. The molecule has 1 aromatic carbocycles. The van der Waals surface area contributed by atoms with Crippen molar-refractivity contribution in [1.82, 2.24) is 15.5 Å². The summed E-state index contributed by atoms with van der Waals surface area (Å²) in [7, 11) is 0. The first kappa shape index (κ1) is 30.9. The molecule has 2 atom stereocenters. The molecule has 0 saturated carbocycles. The third-order valence-electron chi connectivity index (χ3n) is 5.21. The summed E-state index contributed by atoms with van der Waals surface area (Å²) in [6.07, 6.45) is -1.32. The number of ether oxygens (including phenoxy) is 1. The smallest absolute Gasteiger partial charge is 0.408 e. The van der Waals surface area contributed by atoms with E-state index < -0.39 is 53.1 Å². The first-order valence-corrected chi connectivity index (χ1v) is 12.1. The molecule has 0 aliphatic rings. The topological polar surface area (TPSA) is 131 Å². The molecule has 1 rings (SSSR count). The maximum absolute atomic E-state index is 14.0. The molecule has 0 saturated heterocycles. The average Bonchev–Trinajstić information content (AvgIpc) is 2.63. The summed E-state index contributed by atoms with van der Waals surface area (Å²) in [6.45, 7) is 19.9. The second-order valence-electron chi connectivity index (χ2n) is 12.2. The van der Waals surface area contributed by atoms with Gasteiger partial charge in [0.2, 0.25) is 17.7 Å². The van der Waals surface area contributed by atoms with E-state index >= 15 is 0 Å². The van der Waals surface area contributed by atoms with Gasteiger partial charge in [0.05, 0.1) is 6.42 Å². The molecule has 0 aromatic heterocycles. The molecule has 4 N–H and O–H groups in total. The fraction of sp³-hybridized carbons (Fsp3) is 0.630. The second kappa shape index (κ2) is 11.3. The fourth-order valence-corrected chi connectivity index (χ4v) is 3.65. The van der Waals surface area contributed by atoms with Crippen molar-refractivity contribution in [3.05, 3.63) is 34.9 Å². The van der Waals surface area contributed by atoms with Gasteiger partial charge in [-0.1, -0.05) is 18.2 Å². The van der Waals surface area contributed by atoms with Crippen molar-refractivity contribution >= 4 is 23.8 Å². The van der Waals surface area contributed by atoms with E-state index in [0.29, 0.717) is 5.56 Å². The van der Waals surface area contributed by atoms with E-state index in [0.717, 1.165) is 11.1 Å². The molecule has 0 aliphatic heterocycles. The van der Waals surface area contributed by atoms with Gasteiger partial charge >= 0.3 is 6.09 Å². The van der Waals surface area contributed by atoms with Crippen molar-refractivity contribution in [2.24, 2.45) is 5.73 Å². The molecule has 4 amide bonds. The van der Waals surface area contributed by atoms with Gasteiger partial charge in [-0.15, -0.1) is 0 Å². The first-order valence-electron chi connectivity index (χ1n) is 12.1. The lowest BCUT2D eigenvalue weighted by Crippen LogP contribution is -2.60. The number of hydrogen-bond acceptors (Lipinski definition) is 5. The Bertz CT molecular complexity index is 983. The highest BCUT2D eigenvalue weighted by Crippen LogP contribution is 2.32. The SMILES string of the molecule is Cc1ccc(C(C(=O)NC(C)(C)C)N(C(=O)C(CC(N)=O)NC(=O)OC(C)(C)C)C(C)(C)C)cc1C. The van der Waals surface area contributed by atoms with E-state index in [1.54, 1.807) is 41.5 Å². The number of carbonyl (C=O) groups excluding carboxylic acids is 4. The molecule has 36 heavy (non-hydrogen) atoms. The van der Waals surface area contributed by atoms with Crippen LogP contribution in [0.15, 0.2) is 18.2 Å². The fourth-order valence-electron chi connectivity index (χ4n) is 3.65. The van der Waals surface area contributed by atoms with E-state index in [4.69, 9.17) is 10.5 Å². The lowest BCUT2D eigenvalue weighted by molar-refractivity contribution is -0.149. The van der Waals surface area contributed by atoms with Gasteiger partial charge in [-0.2, -0.15) is 0 Å². The van der Waals surface area contributed by atoms with Crippen LogP contribution >= 0.6 is 0 Å². The number of nitrogens with one attached hydrogen (secondary N) is 2. The highest BCUT2D eigenvalue weighted by molar-refractivity contribution is 5.95. The van der Waals surface area contributed by atoms with Crippen molar-refractivity contribution in [2.75, 3.05) is 0 Å². The zero-order chi connectivity index (χ0) is 28.2. The third kappa shape index (κ3) is 9.51. The number of aryl methyl sites for hydroxylation is 2. The van der Waals surface area contributed by atoms with Crippen molar-refractivity contribution in [3.8, 4) is 0 Å². The summed E-state index contributed by atoms with van der Waals surface area (Å²) in [6, 6.07) is 3.22. The zero-order valence-corrected chi connectivity index (χ0v) is 23.7. The third-order valence-corrected chi connectivity index (χ3v) is 5.21. The molecule has 1 aromatic rings. The van der Waals surface area contributed by atoms with Crippen LogP contribution in [0.25, 0.3) is 0 Å². The van der Waals surface area contributed by atoms with Crippen LogP contribution in [0, 0.1) is 13.8 Å². The molecule has 0 bridgehead atoms. The van der Waals surface area contributed by atoms with Crippen molar-refractivity contribution in [1.29, 1.82) is 0 Å². The van der Waals surface area contributed by atoms with E-state index in [1.807, 2.05) is 52.8 Å². The lowest BCUT2D eigenvalue weighted by atomic mass is 9.92. The van der Waals surface area contributed by atoms with Gasteiger partial charge in [0.15, 0.2) is 0 Å². The minimum absolute atomic E-state index is 0.385. The number of alkyl carbamates (subject to hydrolysis) is 1. The largest absolute Gasteiger partial charge is 0.444 e. The van der Waals surface area contributed by atoms with Crippen LogP contribution < -0.4 is 16.4 Å². The predicted molar refractivity (Wildman–Crippen MR) is 140 cm³/mol. The van der Waals surface area contributed by atoms with Crippen molar-refractivity contribution in [2.45, 2.75) is 111 Å². The first-order chi connectivity index (χ1) is 16.1. The number of nitrogens with two attached hydrogens (primary N) is 1. The predicted octanol–water partition coefficient (Wildman–Crippen LogP) is 3.66. The molecule has 2 unspecified atom stereocenters. The van der Waals surface area contributed by atoms with Gasteiger partial charge < -0.3 is 26.0 Å². The lowest BCUT2D eigenvalue weighted by Gasteiger charge is -2.43. The zero-order valence-electron chi connectivity index (χ0n) is 23.7. The average molecular weight is 505 g/mol. The van der Waals surface area contributed by atoms with Crippen molar-refractivity contribution < 1.29 is 23.9 Å². The summed E-state index contributed by atoms with van der Waals surface area (Å²) < 4.78 is 5.30. The van der Waals surface area contributed by atoms with Crippen LogP contribution in [0.4, 0.5) is 4.79 Å². The Morgan fingerprint density at radius 1 is 0.944 bits per heavy atom. The van der Waals surface area contributed by atoms with Gasteiger partial charge in [-0.3, -0.25) is 14.4 Å². The van der Waals surface area contributed by atoms with E-state index in [9.17, 15) is 19.2 Å². The minimum Gasteiger partial charge on any atom is -0.444 e. The Labute approximate surface area is 215 Å². The van der Waals surface area contributed by atoms with Crippen LogP contribution in [0.5, 0.6) is 0 Å².